The fraction of sp³-hybridized carbons (Fsp3) is 0.458. The van der Waals surface area contributed by atoms with Crippen LogP contribution in [0.3, 0.4) is 0 Å². The summed E-state index contributed by atoms with van der Waals surface area (Å²) in [5, 5.41) is 10.5. The van der Waals surface area contributed by atoms with Crippen molar-refractivity contribution in [3.8, 4) is 6.07 Å². The fourth-order valence-corrected chi connectivity index (χ4v) is 4.72. The Kier molecular flexibility index (Phi) is 6.28. The van der Waals surface area contributed by atoms with Crippen LogP contribution in [0.2, 0.25) is 0 Å². The number of halogens is 2. The topological polar surface area (TPSA) is 66.2 Å². The summed E-state index contributed by atoms with van der Waals surface area (Å²) in [5.41, 5.74) is 2.60. The number of hydroxylamine groups is 2. The van der Waals surface area contributed by atoms with Crippen molar-refractivity contribution in [3.63, 3.8) is 0 Å². The zero-order chi connectivity index (χ0) is 22.0. The molecular weight excluding hydrogens is 400 g/mol. The van der Waals surface area contributed by atoms with Crippen LogP contribution in [-0.4, -0.2) is 22.6 Å². The Bertz CT molecular complexity index is 1010. The normalized spacial score (nSPS) is 23.5. The van der Waals surface area contributed by atoms with Gasteiger partial charge in [-0.1, -0.05) is 0 Å². The van der Waals surface area contributed by atoms with Crippen LogP contribution in [-0.2, 0) is 16.1 Å². The largest absolute Gasteiger partial charge is 0.272 e. The van der Waals surface area contributed by atoms with Gasteiger partial charge in [0.15, 0.2) is 0 Å². The first-order valence-electron chi connectivity index (χ1n) is 10.7. The van der Waals surface area contributed by atoms with Crippen LogP contribution in [0, 0.1) is 41.7 Å². The summed E-state index contributed by atoms with van der Waals surface area (Å²) in [6, 6.07) is 7.30. The number of carbonyl (C=O) groups excluding carboxylic acids is 1. The highest BCUT2D eigenvalue weighted by Crippen LogP contribution is 2.37. The summed E-state index contributed by atoms with van der Waals surface area (Å²) in [6.07, 6.45) is 5.81. The lowest BCUT2D eigenvalue weighted by Gasteiger charge is -2.32. The van der Waals surface area contributed by atoms with Gasteiger partial charge in [0.05, 0.1) is 30.5 Å². The highest BCUT2D eigenvalue weighted by Gasteiger charge is 2.37. The molecule has 5 nitrogen and oxygen atoms in total. The minimum Gasteiger partial charge on any atom is -0.272 e. The van der Waals surface area contributed by atoms with E-state index < -0.39 is 5.82 Å². The van der Waals surface area contributed by atoms with Crippen LogP contribution in [0.1, 0.15) is 60.5 Å². The number of carbonyl (C=O) groups is 1. The van der Waals surface area contributed by atoms with E-state index in [1.54, 1.807) is 12.1 Å². The standard InChI is InChI=1S/C24H25F2N3O2/c1-15-19(11-22(26)14-28-15)8-16-2-4-18(5-3-16)24(30)29-23(6-7-31-29)20-9-17(13-27)10-21(25)12-20/h9-12,14,16,18,23H,2-8H2,1H3/t16-,18-,23-/m0/s1. The Hall–Kier alpha value is -2.85. The van der Waals surface area contributed by atoms with Gasteiger partial charge in [-0.3, -0.25) is 14.6 Å². The van der Waals surface area contributed by atoms with E-state index in [9.17, 15) is 13.6 Å². The summed E-state index contributed by atoms with van der Waals surface area (Å²) in [7, 11) is 0. The van der Waals surface area contributed by atoms with Crippen molar-refractivity contribution in [2.24, 2.45) is 11.8 Å². The third-order valence-corrected chi connectivity index (χ3v) is 6.42. The lowest BCUT2D eigenvalue weighted by atomic mass is 9.78. The predicted octanol–water partition coefficient (Wildman–Crippen LogP) is 4.79. The number of hydrogen-bond acceptors (Lipinski definition) is 4. The van der Waals surface area contributed by atoms with Gasteiger partial charge in [0, 0.05) is 18.0 Å². The molecule has 2 fully saturated rings. The van der Waals surface area contributed by atoms with E-state index in [0.717, 1.165) is 43.4 Å². The highest BCUT2D eigenvalue weighted by atomic mass is 19.1. The Morgan fingerprint density at radius 2 is 1.94 bits per heavy atom. The van der Waals surface area contributed by atoms with Crippen LogP contribution in [0.4, 0.5) is 8.78 Å². The van der Waals surface area contributed by atoms with Crippen LogP contribution >= 0.6 is 0 Å². The van der Waals surface area contributed by atoms with Gasteiger partial charge in [-0.05, 0) is 80.3 Å². The van der Waals surface area contributed by atoms with Crippen LogP contribution in [0.5, 0.6) is 0 Å². The molecule has 0 N–H and O–H groups in total. The number of pyridine rings is 1. The molecule has 1 saturated heterocycles. The molecule has 2 heterocycles. The van der Waals surface area contributed by atoms with Gasteiger partial charge in [-0.25, -0.2) is 13.8 Å². The molecule has 4 rings (SSSR count). The lowest BCUT2D eigenvalue weighted by Crippen LogP contribution is -2.36. The molecule has 1 aliphatic heterocycles. The molecule has 31 heavy (non-hydrogen) atoms. The zero-order valence-electron chi connectivity index (χ0n) is 17.5. The van der Waals surface area contributed by atoms with E-state index in [4.69, 9.17) is 10.1 Å². The third-order valence-electron chi connectivity index (χ3n) is 6.42. The molecule has 1 atom stereocenters. The average molecular weight is 425 g/mol. The van der Waals surface area contributed by atoms with E-state index in [2.05, 4.69) is 4.98 Å². The number of nitriles is 1. The van der Waals surface area contributed by atoms with Crippen LogP contribution < -0.4 is 0 Å². The molecule has 1 amide bonds. The molecule has 0 bridgehead atoms. The van der Waals surface area contributed by atoms with E-state index in [1.165, 1.54) is 23.4 Å². The van der Waals surface area contributed by atoms with Crippen LogP contribution in [0.25, 0.3) is 0 Å². The first-order chi connectivity index (χ1) is 14.9. The van der Waals surface area contributed by atoms with Crippen molar-refractivity contribution in [2.45, 2.75) is 51.5 Å². The van der Waals surface area contributed by atoms with Crippen molar-refractivity contribution in [3.05, 3.63) is 64.5 Å². The van der Waals surface area contributed by atoms with Gasteiger partial charge in [0.1, 0.15) is 11.6 Å². The molecule has 0 unspecified atom stereocenters. The van der Waals surface area contributed by atoms with E-state index in [-0.39, 0.29) is 29.2 Å². The molecule has 2 aromatic rings. The summed E-state index contributed by atoms with van der Waals surface area (Å²) in [5.74, 6) is -0.641. The molecule has 1 aromatic heterocycles. The molecule has 7 heteroatoms. The smallest absolute Gasteiger partial charge is 0.249 e. The van der Waals surface area contributed by atoms with E-state index in [0.29, 0.717) is 24.5 Å². The molecule has 2 aliphatic rings. The lowest BCUT2D eigenvalue weighted by molar-refractivity contribution is -0.183. The minimum atomic E-state index is -0.490. The second-order valence-electron chi connectivity index (χ2n) is 8.51. The van der Waals surface area contributed by atoms with Crippen molar-refractivity contribution in [1.82, 2.24) is 10.0 Å². The highest BCUT2D eigenvalue weighted by molar-refractivity contribution is 5.78. The maximum atomic E-state index is 13.9. The number of benzene rings is 1. The number of nitrogens with zero attached hydrogens (tertiary/aromatic N) is 3. The second-order valence-corrected chi connectivity index (χ2v) is 8.51. The molecule has 1 aromatic carbocycles. The SMILES string of the molecule is Cc1ncc(F)cc1C[C@H]1CC[C@H](C(=O)N2OCC[C@H]2c2cc(F)cc(C#N)c2)CC1. The molecule has 0 spiro atoms. The Morgan fingerprint density at radius 3 is 2.68 bits per heavy atom. The van der Waals surface area contributed by atoms with Crippen molar-refractivity contribution >= 4 is 5.91 Å². The first-order valence-corrected chi connectivity index (χ1v) is 10.7. The number of aryl methyl sites for hydroxylation is 1. The van der Waals surface area contributed by atoms with Crippen molar-refractivity contribution < 1.29 is 18.4 Å². The summed E-state index contributed by atoms with van der Waals surface area (Å²) in [4.78, 5) is 22.9. The molecular formula is C24H25F2N3O2. The fourth-order valence-electron chi connectivity index (χ4n) is 4.72. The monoisotopic (exact) mass is 425 g/mol. The molecule has 0 radical (unpaired) electrons. The Morgan fingerprint density at radius 1 is 1.16 bits per heavy atom. The van der Waals surface area contributed by atoms with Crippen molar-refractivity contribution in [1.29, 1.82) is 5.26 Å². The maximum absolute atomic E-state index is 13.9. The van der Waals surface area contributed by atoms with E-state index in [1.807, 2.05) is 13.0 Å². The van der Waals surface area contributed by atoms with Crippen LogP contribution in [0.15, 0.2) is 30.5 Å². The number of hydrogen-bond donors (Lipinski definition) is 0. The number of rotatable bonds is 4. The first kappa shape index (κ1) is 21.4. The number of aromatic nitrogens is 1. The summed E-state index contributed by atoms with van der Waals surface area (Å²) in [6.45, 7) is 2.27. The van der Waals surface area contributed by atoms with Crippen molar-refractivity contribution in [2.75, 3.05) is 6.61 Å². The third kappa shape index (κ3) is 4.75. The summed E-state index contributed by atoms with van der Waals surface area (Å²) >= 11 is 0. The Labute approximate surface area is 180 Å². The maximum Gasteiger partial charge on any atom is 0.249 e. The quantitative estimate of drug-likeness (QED) is 0.706. The van der Waals surface area contributed by atoms with Gasteiger partial charge >= 0.3 is 0 Å². The molecule has 1 aliphatic carbocycles. The summed E-state index contributed by atoms with van der Waals surface area (Å²) < 4.78 is 27.4. The molecule has 1 saturated carbocycles. The van der Waals surface area contributed by atoms with Gasteiger partial charge < -0.3 is 0 Å². The zero-order valence-corrected chi connectivity index (χ0v) is 17.5. The van der Waals surface area contributed by atoms with Gasteiger partial charge in [0.2, 0.25) is 5.91 Å². The minimum absolute atomic E-state index is 0.0766. The van der Waals surface area contributed by atoms with E-state index >= 15 is 0 Å². The molecule has 162 valence electrons. The predicted molar refractivity (Wildman–Crippen MR) is 109 cm³/mol. The van der Waals surface area contributed by atoms with Gasteiger partial charge in [0.25, 0.3) is 0 Å². The Balaban J connectivity index is 1.39. The average Bonchev–Trinajstić information content (AvgIpc) is 3.26. The second kappa shape index (κ2) is 9.11. The van der Waals surface area contributed by atoms with Gasteiger partial charge in [-0.2, -0.15) is 5.26 Å². The number of amides is 1. The van der Waals surface area contributed by atoms with Gasteiger partial charge in [-0.15, -0.1) is 0 Å².